The number of hydrogen-bond acceptors (Lipinski definition) is 4. The van der Waals surface area contributed by atoms with Gasteiger partial charge in [-0.15, -0.1) is 0 Å². The summed E-state index contributed by atoms with van der Waals surface area (Å²) in [5.41, 5.74) is 2.26. The van der Waals surface area contributed by atoms with Gasteiger partial charge in [0.25, 0.3) is 5.91 Å². The first kappa shape index (κ1) is 19.4. The van der Waals surface area contributed by atoms with Crippen LogP contribution in [0, 0.1) is 12.7 Å². The van der Waals surface area contributed by atoms with Crippen LogP contribution in [0.1, 0.15) is 23.5 Å². The maximum Gasteiger partial charge on any atom is 0.253 e. The molecule has 2 aromatic carbocycles. The van der Waals surface area contributed by atoms with Crippen LogP contribution in [0.25, 0.3) is 0 Å². The molecule has 0 aliphatic carbocycles. The van der Waals surface area contributed by atoms with Crippen LogP contribution in [0.15, 0.2) is 48.2 Å². The maximum absolute atomic E-state index is 13.7. The molecule has 1 heterocycles. The minimum Gasteiger partial charge on any atom is -0.493 e. The summed E-state index contributed by atoms with van der Waals surface area (Å²) in [4.78, 5) is 24.8. The van der Waals surface area contributed by atoms with Gasteiger partial charge >= 0.3 is 0 Å². The number of carbonyl (C=O) groups is 2. The fourth-order valence-electron chi connectivity index (χ4n) is 3.17. The highest BCUT2D eigenvalue weighted by Crippen LogP contribution is 2.35. The summed E-state index contributed by atoms with van der Waals surface area (Å²) < 4.78 is 24.2. The molecule has 7 heteroatoms. The van der Waals surface area contributed by atoms with E-state index < -0.39 is 11.7 Å². The van der Waals surface area contributed by atoms with E-state index in [1.165, 1.54) is 32.6 Å². The molecular weight excluding hydrogens is 363 g/mol. The number of amides is 2. The first-order valence-corrected chi connectivity index (χ1v) is 8.71. The third-order valence-electron chi connectivity index (χ3n) is 4.65. The zero-order valence-corrected chi connectivity index (χ0v) is 15.8. The SMILES string of the molecule is COc1cc(C)c(NC(=O)C2=CNC(=O)C[C@@H]2c2cccc(F)c2)cc1OC. The Morgan fingerprint density at radius 1 is 1.18 bits per heavy atom. The molecule has 1 aliphatic rings. The number of anilines is 1. The van der Waals surface area contributed by atoms with Crippen LogP contribution in [0.4, 0.5) is 10.1 Å². The Bertz CT molecular complexity index is 955. The van der Waals surface area contributed by atoms with E-state index in [-0.39, 0.29) is 18.2 Å². The van der Waals surface area contributed by atoms with E-state index in [0.717, 1.165) is 5.56 Å². The average Bonchev–Trinajstić information content (AvgIpc) is 2.69. The molecule has 1 atom stereocenters. The molecule has 0 saturated carbocycles. The molecule has 6 nitrogen and oxygen atoms in total. The minimum atomic E-state index is -0.537. The largest absolute Gasteiger partial charge is 0.493 e. The highest BCUT2D eigenvalue weighted by molar-refractivity contribution is 6.06. The smallest absolute Gasteiger partial charge is 0.253 e. The van der Waals surface area contributed by atoms with Gasteiger partial charge in [-0.1, -0.05) is 12.1 Å². The summed E-state index contributed by atoms with van der Waals surface area (Å²) in [7, 11) is 3.05. The van der Waals surface area contributed by atoms with E-state index in [1.807, 2.05) is 6.92 Å². The van der Waals surface area contributed by atoms with Crippen molar-refractivity contribution in [2.24, 2.45) is 0 Å². The summed E-state index contributed by atoms with van der Waals surface area (Å²) in [6.45, 7) is 1.83. The second-order valence-corrected chi connectivity index (χ2v) is 6.46. The summed E-state index contributed by atoms with van der Waals surface area (Å²) in [5, 5.41) is 5.42. The number of benzene rings is 2. The fraction of sp³-hybridized carbons (Fsp3) is 0.238. The Morgan fingerprint density at radius 2 is 1.89 bits per heavy atom. The molecular formula is C21H21FN2O4. The first-order valence-electron chi connectivity index (χ1n) is 8.71. The number of ether oxygens (including phenoxy) is 2. The molecule has 1 aliphatic heterocycles. The molecule has 2 amide bonds. The maximum atomic E-state index is 13.7. The summed E-state index contributed by atoms with van der Waals surface area (Å²) in [6, 6.07) is 9.36. The Labute approximate surface area is 162 Å². The monoisotopic (exact) mass is 384 g/mol. The second kappa shape index (κ2) is 8.12. The van der Waals surface area contributed by atoms with Gasteiger partial charge in [0.2, 0.25) is 5.91 Å². The fourth-order valence-corrected chi connectivity index (χ4v) is 3.17. The van der Waals surface area contributed by atoms with Crippen LogP contribution in [-0.2, 0) is 9.59 Å². The lowest BCUT2D eigenvalue weighted by Gasteiger charge is -2.24. The van der Waals surface area contributed by atoms with E-state index in [2.05, 4.69) is 10.6 Å². The summed E-state index contributed by atoms with van der Waals surface area (Å²) in [6.07, 6.45) is 1.44. The van der Waals surface area contributed by atoms with Gasteiger partial charge in [0.05, 0.1) is 14.2 Å². The predicted molar refractivity (Wildman–Crippen MR) is 103 cm³/mol. The quantitative estimate of drug-likeness (QED) is 0.830. The highest BCUT2D eigenvalue weighted by Gasteiger charge is 2.29. The van der Waals surface area contributed by atoms with Gasteiger partial charge in [-0.3, -0.25) is 9.59 Å². The van der Waals surface area contributed by atoms with E-state index in [4.69, 9.17) is 9.47 Å². The molecule has 0 aromatic heterocycles. The van der Waals surface area contributed by atoms with Crippen LogP contribution >= 0.6 is 0 Å². The molecule has 2 aromatic rings. The van der Waals surface area contributed by atoms with Gasteiger partial charge < -0.3 is 20.1 Å². The van der Waals surface area contributed by atoms with E-state index >= 15 is 0 Å². The molecule has 0 fully saturated rings. The molecule has 0 spiro atoms. The van der Waals surface area contributed by atoms with Crippen molar-refractivity contribution in [1.29, 1.82) is 0 Å². The van der Waals surface area contributed by atoms with E-state index in [9.17, 15) is 14.0 Å². The van der Waals surface area contributed by atoms with Crippen molar-refractivity contribution in [3.63, 3.8) is 0 Å². The lowest BCUT2D eigenvalue weighted by molar-refractivity contribution is -0.121. The second-order valence-electron chi connectivity index (χ2n) is 6.46. The number of rotatable bonds is 5. The number of aryl methyl sites for hydroxylation is 1. The summed E-state index contributed by atoms with van der Waals surface area (Å²) in [5.74, 6) is -0.530. The summed E-state index contributed by atoms with van der Waals surface area (Å²) >= 11 is 0. The molecule has 2 N–H and O–H groups in total. The van der Waals surface area contributed by atoms with E-state index in [1.54, 1.807) is 24.3 Å². The molecule has 0 saturated heterocycles. The predicted octanol–water partition coefficient (Wildman–Crippen LogP) is 3.28. The Hall–Kier alpha value is -3.35. The van der Waals surface area contributed by atoms with Gasteiger partial charge in [-0.2, -0.15) is 0 Å². The Balaban J connectivity index is 1.91. The van der Waals surface area contributed by atoms with Gasteiger partial charge in [0.15, 0.2) is 11.5 Å². The lowest BCUT2D eigenvalue weighted by atomic mass is 9.86. The molecule has 0 radical (unpaired) electrons. The number of halogens is 1. The van der Waals surface area contributed by atoms with Gasteiger partial charge in [-0.05, 0) is 36.2 Å². The van der Waals surface area contributed by atoms with E-state index in [0.29, 0.717) is 28.3 Å². The number of hydrogen-bond donors (Lipinski definition) is 2. The van der Waals surface area contributed by atoms with Crippen LogP contribution in [0.3, 0.4) is 0 Å². The van der Waals surface area contributed by atoms with Crippen molar-refractivity contribution in [3.05, 3.63) is 65.1 Å². The molecule has 3 rings (SSSR count). The van der Waals surface area contributed by atoms with Crippen molar-refractivity contribution in [2.75, 3.05) is 19.5 Å². The topological polar surface area (TPSA) is 76.7 Å². The van der Waals surface area contributed by atoms with Crippen LogP contribution in [-0.4, -0.2) is 26.0 Å². The zero-order chi connectivity index (χ0) is 20.3. The molecule has 146 valence electrons. The van der Waals surface area contributed by atoms with Gasteiger partial charge in [0, 0.05) is 35.9 Å². The van der Waals surface area contributed by atoms with Crippen molar-refractivity contribution >= 4 is 17.5 Å². The van der Waals surface area contributed by atoms with Gasteiger partial charge in [0.1, 0.15) is 5.82 Å². The number of nitrogens with one attached hydrogen (secondary N) is 2. The molecule has 0 bridgehead atoms. The van der Waals surface area contributed by atoms with Crippen LogP contribution < -0.4 is 20.1 Å². The van der Waals surface area contributed by atoms with Crippen molar-refractivity contribution in [2.45, 2.75) is 19.3 Å². The number of carbonyl (C=O) groups excluding carboxylic acids is 2. The normalized spacial score (nSPS) is 16.1. The van der Waals surface area contributed by atoms with Crippen molar-refractivity contribution in [1.82, 2.24) is 5.32 Å². The van der Waals surface area contributed by atoms with Crippen molar-refractivity contribution < 1.29 is 23.5 Å². The Morgan fingerprint density at radius 3 is 2.57 bits per heavy atom. The minimum absolute atomic E-state index is 0.0631. The Kier molecular flexibility index (Phi) is 5.63. The third-order valence-corrected chi connectivity index (χ3v) is 4.65. The standard InChI is InChI=1S/C21H21FN2O4/c1-12-7-18(27-2)19(28-3)10-17(12)24-21(26)16-11-23-20(25)9-15(16)13-5-4-6-14(22)8-13/h4-8,10-11,15H,9H2,1-3H3,(H,23,25)(H,24,26)/t15-/m1/s1. The highest BCUT2D eigenvalue weighted by atomic mass is 19.1. The number of methoxy groups -OCH3 is 2. The van der Waals surface area contributed by atoms with Crippen molar-refractivity contribution in [3.8, 4) is 11.5 Å². The molecule has 0 unspecified atom stereocenters. The third kappa shape index (κ3) is 3.98. The van der Waals surface area contributed by atoms with Gasteiger partial charge in [-0.25, -0.2) is 4.39 Å². The lowest BCUT2D eigenvalue weighted by Crippen LogP contribution is -2.32. The van der Waals surface area contributed by atoms with Crippen LogP contribution in [0.5, 0.6) is 11.5 Å². The first-order chi connectivity index (χ1) is 13.4. The molecule has 28 heavy (non-hydrogen) atoms. The average molecular weight is 384 g/mol. The van der Waals surface area contributed by atoms with Crippen LogP contribution in [0.2, 0.25) is 0 Å². The zero-order valence-electron chi connectivity index (χ0n) is 15.8.